The van der Waals surface area contributed by atoms with Gasteiger partial charge in [0.25, 0.3) is 0 Å². The van der Waals surface area contributed by atoms with Gasteiger partial charge in [-0.3, -0.25) is 9.59 Å². The molecular formula is C14H15N3O2. The van der Waals surface area contributed by atoms with Crippen LogP contribution in [0.4, 0.5) is 5.69 Å². The zero-order chi connectivity index (χ0) is 13.8. The molecule has 98 valence electrons. The summed E-state index contributed by atoms with van der Waals surface area (Å²) in [6.07, 6.45) is 1.00. The first-order chi connectivity index (χ1) is 9.11. The van der Waals surface area contributed by atoms with Crippen molar-refractivity contribution in [3.8, 4) is 6.07 Å². The monoisotopic (exact) mass is 257 g/mol. The summed E-state index contributed by atoms with van der Waals surface area (Å²) in [7, 11) is 0. The van der Waals surface area contributed by atoms with E-state index < -0.39 is 6.04 Å². The molecule has 2 unspecified atom stereocenters. The van der Waals surface area contributed by atoms with Crippen LogP contribution in [0.5, 0.6) is 0 Å². The molecule has 0 saturated heterocycles. The number of nitrogens with zero attached hydrogens (tertiary/aromatic N) is 1. The number of hydrogen-bond donors (Lipinski definition) is 2. The number of rotatable bonds is 4. The number of para-hydroxylation sites is 1. The Morgan fingerprint density at radius 1 is 1.53 bits per heavy atom. The van der Waals surface area contributed by atoms with Gasteiger partial charge in [-0.25, -0.2) is 0 Å². The maximum atomic E-state index is 11.9. The molecule has 1 aliphatic heterocycles. The van der Waals surface area contributed by atoms with Gasteiger partial charge >= 0.3 is 0 Å². The summed E-state index contributed by atoms with van der Waals surface area (Å²) in [6.45, 7) is 1.38. The molecule has 0 spiro atoms. The normalized spacial score (nSPS) is 18.1. The number of carbonyl (C=O) groups excluding carboxylic acids is 2. The van der Waals surface area contributed by atoms with Crippen LogP contribution in [0.25, 0.3) is 0 Å². The van der Waals surface area contributed by atoms with E-state index in [4.69, 9.17) is 5.26 Å². The van der Waals surface area contributed by atoms with Gasteiger partial charge in [-0.2, -0.15) is 5.26 Å². The Kier molecular flexibility index (Phi) is 3.81. The number of hydrogen-bond acceptors (Lipinski definition) is 3. The second-order valence-corrected chi connectivity index (χ2v) is 4.59. The molecule has 1 heterocycles. The number of nitrogens with one attached hydrogen (secondary N) is 2. The lowest BCUT2D eigenvalue weighted by molar-refractivity contribution is -0.119. The average molecular weight is 257 g/mol. The van der Waals surface area contributed by atoms with Crippen LogP contribution in [-0.2, 0) is 9.59 Å². The molecule has 0 aromatic heterocycles. The Balaban J connectivity index is 2.02. The molecule has 0 radical (unpaired) electrons. The van der Waals surface area contributed by atoms with Crippen LogP contribution in [0.3, 0.4) is 0 Å². The van der Waals surface area contributed by atoms with Crippen molar-refractivity contribution in [1.29, 1.82) is 5.26 Å². The van der Waals surface area contributed by atoms with Crippen molar-refractivity contribution in [2.75, 3.05) is 5.32 Å². The average Bonchev–Trinajstić information content (AvgIpc) is 2.70. The highest BCUT2D eigenvalue weighted by Gasteiger charge is 2.30. The zero-order valence-electron chi connectivity index (χ0n) is 10.6. The number of fused-ring (bicyclic) bond motifs is 1. The zero-order valence-corrected chi connectivity index (χ0v) is 10.6. The van der Waals surface area contributed by atoms with Gasteiger partial charge < -0.3 is 10.6 Å². The van der Waals surface area contributed by atoms with Gasteiger partial charge in [-0.15, -0.1) is 0 Å². The quantitative estimate of drug-likeness (QED) is 0.858. The van der Waals surface area contributed by atoms with Gasteiger partial charge in [0.1, 0.15) is 6.04 Å². The first-order valence-corrected chi connectivity index (χ1v) is 6.18. The lowest BCUT2D eigenvalue weighted by Gasteiger charge is -2.12. The molecule has 5 heteroatoms. The van der Waals surface area contributed by atoms with Gasteiger partial charge in [0.05, 0.1) is 12.0 Å². The fourth-order valence-corrected chi connectivity index (χ4v) is 2.31. The number of benzene rings is 1. The van der Waals surface area contributed by atoms with Crippen molar-refractivity contribution in [2.24, 2.45) is 0 Å². The van der Waals surface area contributed by atoms with Crippen molar-refractivity contribution in [2.45, 2.75) is 31.7 Å². The molecule has 2 N–H and O–H groups in total. The molecule has 1 aliphatic rings. The fraction of sp³-hybridized carbons (Fsp3) is 0.357. The minimum Gasteiger partial charge on any atom is -0.341 e. The summed E-state index contributed by atoms with van der Waals surface area (Å²) in [6, 6.07) is 9.03. The second kappa shape index (κ2) is 5.53. The Morgan fingerprint density at radius 3 is 2.95 bits per heavy atom. The predicted molar refractivity (Wildman–Crippen MR) is 70.3 cm³/mol. The number of anilines is 1. The molecule has 0 fully saturated rings. The van der Waals surface area contributed by atoms with Crippen molar-refractivity contribution >= 4 is 17.5 Å². The van der Waals surface area contributed by atoms with E-state index >= 15 is 0 Å². The van der Waals surface area contributed by atoms with E-state index in [0.717, 1.165) is 11.3 Å². The summed E-state index contributed by atoms with van der Waals surface area (Å²) < 4.78 is 0. The van der Waals surface area contributed by atoms with Crippen molar-refractivity contribution in [3.63, 3.8) is 0 Å². The van der Waals surface area contributed by atoms with E-state index in [-0.39, 0.29) is 17.7 Å². The molecule has 1 aromatic carbocycles. The van der Waals surface area contributed by atoms with Crippen LogP contribution in [0.2, 0.25) is 0 Å². The van der Waals surface area contributed by atoms with Gasteiger partial charge in [0, 0.05) is 12.6 Å². The Bertz CT molecular complexity index is 548. The molecule has 19 heavy (non-hydrogen) atoms. The van der Waals surface area contributed by atoms with Crippen LogP contribution < -0.4 is 10.6 Å². The van der Waals surface area contributed by atoms with Crippen LogP contribution in [-0.4, -0.2) is 17.9 Å². The molecule has 0 bridgehead atoms. The predicted octanol–water partition coefficient (Wildman–Crippen LogP) is 1.53. The largest absolute Gasteiger partial charge is 0.341 e. The topological polar surface area (TPSA) is 82.0 Å². The van der Waals surface area contributed by atoms with Gasteiger partial charge in [-0.1, -0.05) is 18.2 Å². The third kappa shape index (κ3) is 2.91. The van der Waals surface area contributed by atoms with Crippen molar-refractivity contribution in [1.82, 2.24) is 5.32 Å². The van der Waals surface area contributed by atoms with Crippen molar-refractivity contribution < 1.29 is 9.59 Å². The minimum absolute atomic E-state index is 0.0410. The van der Waals surface area contributed by atoms with Gasteiger partial charge in [0.2, 0.25) is 11.8 Å². The first kappa shape index (κ1) is 13.1. The number of nitriles is 1. The highest BCUT2D eigenvalue weighted by molar-refractivity contribution is 6.02. The number of amides is 2. The van der Waals surface area contributed by atoms with Crippen LogP contribution in [0.1, 0.15) is 31.2 Å². The number of carbonyl (C=O) groups is 2. The highest BCUT2D eigenvalue weighted by Crippen LogP contribution is 2.35. The standard InChI is InChI=1S/C14H15N3O2/c1-9(18)16-10(8-15)6-7-12-11-4-2-3-5-13(11)17-14(12)19/h2-5,10,12H,6-7H2,1H3,(H,16,18)(H,17,19). The summed E-state index contributed by atoms with van der Waals surface area (Å²) >= 11 is 0. The van der Waals surface area contributed by atoms with Crippen LogP contribution >= 0.6 is 0 Å². The summed E-state index contributed by atoms with van der Waals surface area (Å²) in [5.41, 5.74) is 1.80. The summed E-state index contributed by atoms with van der Waals surface area (Å²) in [5.74, 6) is -0.510. The maximum Gasteiger partial charge on any atom is 0.232 e. The lowest BCUT2D eigenvalue weighted by atomic mass is 9.94. The second-order valence-electron chi connectivity index (χ2n) is 4.59. The molecule has 5 nitrogen and oxygen atoms in total. The van der Waals surface area contributed by atoms with E-state index in [1.165, 1.54) is 6.92 Å². The van der Waals surface area contributed by atoms with Crippen molar-refractivity contribution in [3.05, 3.63) is 29.8 Å². The van der Waals surface area contributed by atoms with Gasteiger partial charge in [-0.05, 0) is 24.5 Å². The minimum atomic E-state index is -0.543. The lowest BCUT2D eigenvalue weighted by Crippen LogP contribution is -2.32. The molecular weight excluding hydrogens is 242 g/mol. The van der Waals surface area contributed by atoms with E-state index in [1.54, 1.807) is 0 Å². The SMILES string of the molecule is CC(=O)NC(C#N)CCC1C(=O)Nc2ccccc21. The van der Waals surface area contributed by atoms with E-state index in [1.807, 2.05) is 30.3 Å². The summed E-state index contributed by atoms with van der Waals surface area (Å²) in [5, 5.41) is 14.3. The molecule has 0 saturated carbocycles. The van der Waals surface area contributed by atoms with E-state index in [0.29, 0.717) is 12.8 Å². The van der Waals surface area contributed by atoms with Crippen LogP contribution in [0.15, 0.2) is 24.3 Å². The first-order valence-electron chi connectivity index (χ1n) is 6.18. The van der Waals surface area contributed by atoms with Gasteiger partial charge in [0.15, 0.2) is 0 Å². The molecule has 2 amide bonds. The molecule has 2 atom stereocenters. The molecule has 0 aliphatic carbocycles. The van der Waals surface area contributed by atoms with Crippen LogP contribution in [0, 0.1) is 11.3 Å². The summed E-state index contributed by atoms with van der Waals surface area (Å²) in [4.78, 5) is 22.8. The third-order valence-electron chi connectivity index (χ3n) is 3.19. The van der Waals surface area contributed by atoms with E-state index in [9.17, 15) is 9.59 Å². The Morgan fingerprint density at radius 2 is 2.26 bits per heavy atom. The molecule has 1 aromatic rings. The maximum absolute atomic E-state index is 11.9. The molecule has 2 rings (SSSR count). The highest BCUT2D eigenvalue weighted by atomic mass is 16.2. The Hall–Kier alpha value is -2.35. The Labute approximate surface area is 111 Å². The fourth-order valence-electron chi connectivity index (χ4n) is 2.31. The third-order valence-corrected chi connectivity index (χ3v) is 3.19. The smallest absolute Gasteiger partial charge is 0.232 e. The van der Waals surface area contributed by atoms with E-state index in [2.05, 4.69) is 10.6 Å².